The second kappa shape index (κ2) is 5.23. The fourth-order valence-electron chi connectivity index (χ4n) is 1.78. The molecule has 2 rings (SSSR count). The van der Waals surface area contributed by atoms with Crippen LogP contribution < -0.4 is 5.73 Å². The maximum Gasteiger partial charge on any atom is 0.270 e. The fraction of sp³-hybridized carbons (Fsp3) is 0.273. The van der Waals surface area contributed by atoms with E-state index in [1.165, 1.54) is 12.1 Å². The first kappa shape index (κ1) is 13.3. The van der Waals surface area contributed by atoms with E-state index in [4.69, 9.17) is 17.3 Å². The summed E-state index contributed by atoms with van der Waals surface area (Å²) in [6.07, 6.45) is 0.698. The van der Waals surface area contributed by atoms with Crippen molar-refractivity contribution >= 4 is 23.1 Å². The van der Waals surface area contributed by atoms with Crippen LogP contribution in [-0.4, -0.2) is 19.9 Å². The zero-order valence-electron chi connectivity index (χ0n) is 10.2. The van der Waals surface area contributed by atoms with Crippen molar-refractivity contribution in [1.82, 2.24) is 15.0 Å². The molecule has 1 heterocycles. The number of nitro groups is 1. The highest BCUT2D eigenvalue weighted by Gasteiger charge is 2.13. The van der Waals surface area contributed by atoms with E-state index in [2.05, 4.69) is 10.3 Å². The Morgan fingerprint density at radius 1 is 1.53 bits per heavy atom. The number of nitrogen functional groups attached to an aromatic ring is 1. The van der Waals surface area contributed by atoms with E-state index in [0.29, 0.717) is 23.8 Å². The Morgan fingerprint density at radius 2 is 2.26 bits per heavy atom. The van der Waals surface area contributed by atoms with Crippen LogP contribution >= 0.6 is 11.6 Å². The molecule has 0 bridgehead atoms. The molecule has 2 N–H and O–H groups in total. The molecule has 8 heteroatoms. The largest absolute Gasteiger partial charge is 0.381 e. The smallest absolute Gasteiger partial charge is 0.270 e. The van der Waals surface area contributed by atoms with Crippen LogP contribution in [0.5, 0.6) is 0 Å². The second-order valence-corrected chi connectivity index (χ2v) is 4.37. The third-order valence-corrected chi connectivity index (χ3v) is 3.12. The summed E-state index contributed by atoms with van der Waals surface area (Å²) in [7, 11) is 0. The van der Waals surface area contributed by atoms with Gasteiger partial charge in [-0.2, -0.15) is 0 Å². The molecular weight excluding hydrogens is 270 g/mol. The molecule has 0 aliphatic carbocycles. The van der Waals surface area contributed by atoms with Gasteiger partial charge in [0.2, 0.25) is 0 Å². The van der Waals surface area contributed by atoms with Gasteiger partial charge in [-0.05, 0) is 18.1 Å². The predicted molar refractivity (Wildman–Crippen MR) is 71.0 cm³/mol. The number of benzene rings is 1. The molecule has 100 valence electrons. The summed E-state index contributed by atoms with van der Waals surface area (Å²) >= 11 is 6.03. The zero-order valence-corrected chi connectivity index (χ0v) is 11.0. The number of hydrogen-bond donors (Lipinski definition) is 1. The van der Waals surface area contributed by atoms with Crippen LogP contribution in [0.25, 0.3) is 0 Å². The third-order valence-electron chi connectivity index (χ3n) is 2.77. The van der Waals surface area contributed by atoms with Crippen molar-refractivity contribution in [3.8, 4) is 0 Å². The molecule has 0 fully saturated rings. The molecule has 0 aliphatic heterocycles. The van der Waals surface area contributed by atoms with E-state index in [9.17, 15) is 10.1 Å². The molecule has 1 aromatic heterocycles. The van der Waals surface area contributed by atoms with Gasteiger partial charge < -0.3 is 5.73 Å². The van der Waals surface area contributed by atoms with Gasteiger partial charge in [0.15, 0.2) is 5.82 Å². The monoisotopic (exact) mass is 281 g/mol. The predicted octanol–water partition coefficient (Wildman–Crippen LogP) is 2.03. The van der Waals surface area contributed by atoms with E-state index in [0.717, 1.165) is 11.3 Å². The molecule has 19 heavy (non-hydrogen) atoms. The number of nitrogens with zero attached hydrogens (tertiary/aromatic N) is 4. The molecule has 0 saturated heterocycles. The first-order valence-corrected chi connectivity index (χ1v) is 6.01. The number of nitrogens with two attached hydrogens (primary N) is 1. The van der Waals surface area contributed by atoms with Crippen molar-refractivity contribution in [2.75, 3.05) is 5.73 Å². The Hall–Kier alpha value is -2.15. The van der Waals surface area contributed by atoms with Gasteiger partial charge in [0.1, 0.15) is 0 Å². The Morgan fingerprint density at radius 3 is 2.84 bits per heavy atom. The van der Waals surface area contributed by atoms with Gasteiger partial charge in [0.05, 0.1) is 22.2 Å². The lowest BCUT2D eigenvalue weighted by molar-refractivity contribution is -0.384. The van der Waals surface area contributed by atoms with Crippen molar-refractivity contribution in [2.24, 2.45) is 0 Å². The average molecular weight is 282 g/mol. The van der Waals surface area contributed by atoms with Crippen LogP contribution in [0, 0.1) is 10.1 Å². The van der Waals surface area contributed by atoms with Crippen LogP contribution in [0.15, 0.2) is 18.2 Å². The molecule has 0 atom stereocenters. The number of non-ortho nitro benzene ring substituents is 1. The van der Waals surface area contributed by atoms with Crippen molar-refractivity contribution < 1.29 is 4.92 Å². The van der Waals surface area contributed by atoms with Crippen LogP contribution in [0.3, 0.4) is 0 Å². The van der Waals surface area contributed by atoms with Gasteiger partial charge in [-0.15, -0.1) is 5.10 Å². The van der Waals surface area contributed by atoms with Crippen LogP contribution in [-0.2, 0) is 13.0 Å². The van der Waals surface area contributed by atoms with Gasteiger partial charge in [0, 0.05) is 12.1 Å². The van der Waals surface area contributed by atoms with Gasteiger partial charge in [-0.3, -0.25) is 10.1 Å². The van der Waals surface area contributed by atoms with E-state index in [1.807, 2.05) is 6.92 Å². The van der Waals surface area contributed by atoms with E-state index < -0.39 is 4.92 Å². The van der Waals surface area contributed by atoms with Gasteiger partial charge in [0.25, 0.3) is 5.69 Å². The normalized spacial score (nSPS) is 10.6. The molecule has 2 aromatic rings. The number of halogens is 1. The summed E-state index contributed by atoms with van der Waals surface area (Å²) in [5.74, 6) is 0.389. The minimum absolute atomic E-state index is 0.0393. The molecule has 0 unspecified atom stereocenters. The van der Waals surface area contributed by atoms with Crippen LogP contribution in [0.4, 0.5) is 11.5 Å². The highest BCUT2D eigenvalue weighted by atomic mass is 35.5. The van der Waals surface area contributed by atoms with Gasteiger partial charge in [-0.25, -0.2) is 4.68 Å². The first-order chi connectivity index (χ1) is 9.02. The minimum atomic E-state index is -0.486. The molecular formula is C11H12ClN5O2. The Kier molecular flexibility index (Phi) is 3.66. The van der Waals surface area contributed by atoms with Crippen molar-refractivity contribution in [3.63, 3.8) is 0 Å². The zero-order chi connectivity index (χ0) is 14.0. The van der Waals surface area contributed by atoms with Gasteiger partial charge >= 0.3 is 0 Å². The number of rotatable bonds is 4. The SMILES string of the molecule is CCc1c(N)nnn1Cc1ccc([N+](=O)[O-])cc1Cl. The number of aromatic nitrogens is 3. The van der Waals surface area contributed by atoms with E-state index >= 15 is 0 Å². The highest BCUT2D eigenvalue weighted by Crippen LogP contribution is 2.23. The van der Waals surface area contributed by atoms with Crippen LogP contribution in [0.1, 0.15) is 18.2 Å². The lowest BCUT2D eigenvalue weighted by Crippen LogP contribution is -2.07. The standard InChI is InChI=1S/C11H12ClN5O2/c1-2-10-11(13)14-15-16(10)6-7-3-4-8(17(18)19)5-9(7)12/h3-5H,2,6,13H2,1H3. The maximum atomic E-state index is 10.6. The molecule has 0 amide bonds. The molecule has 0 saturated carbocycles. The Balaban J connectivity index is 2.31. The quantitative estimate of drug-likeness (QED) is 0.683. The van der Waals surface area contributed by atoms with E-state index in [1.54, 1.807) is 10.7 Å². The molecule has 0 spiro atoms. The summed E-state index contributed by atoms with van der Waals surface area (Å²) in [4.78, 5) is 10.1. The first-order valence-electron chi connectivity index (χ1n) is 5.63. The number of nitro benzene ring substituents is 1. The van der Waals surface area contributed by atoms with Crippen molar-refractivity contribution in [1.29, 1.82) is 0 Å². The highest BCUT2D eigenvalue weighted by molar-refractivity contribution is 6.31. The number of anilines is 1. The van der Waals surface area contributed by atoms with Crippen molar-refractivity contribution in [2.45, 2.75) is 19.9 Å². The second-order valence-electron chi connectivity index (χ2n) is 3.97. The molecule has 1 aromatic carbocycles. The topological polar surface area (TPSA) is 99.9 Å². The Labute approximate surface area is 114 Å². The summed E-state index contributed by atoms with van der Waals surface area (Å²) in [6.45, 7) is 2.33. The summed E-state index contributed by atoms with van der Waals surface area (Å²) in [6, 6.07) is 4.34. The van der Waals surface area contributed by atoms with Gasteiger partial charge in [-0.1, -0.05) is 23.7 Å². The lowest BCUT2D eigenvalue weighted by atomic mass is 10.2. The summed E-state index contributed by atoms with van der Waals surface area (Å²) in [5, 5.41) is 18.7. The van der Waals surface area contributed by atoms with E-state index in [-0.39, 0.29) is 5.69 Å². The third kappa shape index (κ3) is 2.65. The average Bonchev–Trinajstić information content (AvgIpc) is 2.72. The van der Waals surface area contributed by atoms with Crippen molar-refractivity contribution in [3.05, 3.63) is 44.6 Å². The van der Waals surface area contributed by atoms with Crippen LogP contribution in [0.2, 0.25) is 5.02 Å². The Bertz CT molecular complexity index is 626. The molecule has 7 nitrogen and oxygen atoms in total. The summed E-state index contributed by atoms with van der Waals surface area (Å²) in [5.41, 5.74) is 7.19. The maximum absolute atomic E-state index is 10.6. The molecule has 0 radical (unpaired) electrons. The fourth-order valence-corrected chi connectivity index (χ4v) is 2.01. The summed E-state index contributed by atoms with van der Waals surface area (Å²) < 4.78 is 1.64. The lowest BCUT2D eigenvalue weighted by Gasteiger charge is -2.07. The molecule has 0 aliphatic rings. The minimum Gasteiger partial charge on any atom is -0.381 e. The number of hydrogen-bond acceptors (Lipinski definition) is 5.